The van der Waals surface area contributed by atoms with Gasteiger partial charge < -0.3 is 14.8 Å². The molecule has 0 saturated carbocycles. The Morgan fingerprint density at radius 3 is 2.59 bits per heavy atom. The number of pyridine rings is 1. The van der Waals surface area contributed by atoms with Gasteiger partial charge in [-0.25, -0.2) is 13.4 Å². The summed E-state index contributed by atoms with van der Waals surface area (Å²) in [6, 6.07) is 9.16. The molecule has 8 nitrogen and oxygen atoms in total. The van der Waals surface area contributed by atoms with Crippen molar-refractivity contribution in [1.29, 1.82) is 0 Å². The summed E-state index contributed by atoms with van der Waals surface area (Å²) >= 11 is 5.94. The average molecular weight is 482 g/mol. The smallest absolute Gasteiger partial charge is 0.237 e. The number of amides is 1. The van der Waals surface area contributed by atoms with Crippen LogP contribution in [-0.2, 0) is 25.0 Å². The van der Waals surface area contributed by atoms with Crippen molar-refractivity contribution in [1.82, 2.24) is 9.29 Å². The Morgan fingerprint density at radius 2 is 1.97 bits per heavy atom. The topological polar surface area (TPSA) is 97.8 Å². The number of ether oxygens (including phenoxy) is 2. The maximum absolute atomic E-state index is 13.7. The van der Waals surface area contributed by atoms with Gasteiger partial charge in [0.05, 0.1) is 25.7 Å². The normalized spacial score (nSPS) is 15.9. The fraction of sp³-hybridized carbons (Fsp3) is 0.455. The number of carbonyl (C=O) groups is 1. The van der Waals surface area contributed by atoms with Crippen LogP contribution in [0.25, 0.3) is 0 Å². The van der Waals surface area contributed by atoms with Crippen LogP contribution in [0.1, 0.15) is 30.9 Å². The van der Waals surface area contributed by atoms with Gasteiger partial charge in [0.15, 0.2) is 0 Å². The second kappa shape index (κ2) is 9.74. The van der Waals surface area contributed by atoms with Gasteiger partial charge in [-0.05, 0) is 17.0 Å². The maximum atomic E-state index is 13.7. The van der Waals surface area contributed by atoms with Crippen LogP contribution in [0, 0.1) is 0 Å². The summed E-state index contributed by atoms with van der Waals surface area (Å²) in [6.45, 7) is 4.26. The predicted molar refractivity (Wildman–Crippen MR) is 124 cm³/mol. The molecule has 1 N–H and O–H groups in total. The number of sulfonamides is 1. The molecule has 1 aliphatic rings. The van der Waals surface area contributed by atoms with E-state index in [1.807, 2.05) is 38.1 Å². The molecule has 1 aromatic carbocycles. The van der Waals surface area contributed by atoms with Crippen LogP contribution in [0.4, 0.5) is 5.69 Å². The highest BCUT2D eigenvalue weighted by Gasteiger charge is 2.55. The van der Waals surface area contributed by atoms with Crippen LogP contribution in [0.5, 0.6) is 5.75 Å². The van der Waals surface area contributed by atoms with Gasteiger partial charge in [0.2, 0.25) is 15.9 Å². The Kier molecular flexibility index (Phi) is 7.44. The number of benzene rings is 1. The van der Waals surface area contributed by atoms with E-state index in [9.17, 15) is 13.2 Å². The van der Waals surface area contributed by atoms with Gasteiger partial charge in [0.1, 0.15) is 22.0 Å². The number of rotatable bonds is 9. The largest absolute Gasteiger partial charge is 0.494 e. The summed E-state index contributed by atoms with van der Waals surface area (Å²) < 4.78 is 37.0. The molecule has 0 atom stereocenters. The number of nitrogens with one attached hydrogen (secondary N) is 1. The molecule has 2 heterocycles. The zero-order valence-electron chi connectivity index (χ0n) is 18.6. The third kappa shape index (κ3) is 4.76. The number of carbonyl (C=O) groups excluding carboxylic acids is 1. The van der Waals surface area contributed by atoms with Crippen molar-refractivity contribution in [3.05, 3.63) is 52.8 Å². The van der Waals surface area contributed by atoms with Crippen molar-refractivity contribution in [2.75, 3.05) is 45.0 Å². The molecule has 10 heteroatoms. The highest BCUT2D eigenvalue weighted by atomic mass is 35.5. The van der Waals surface area contributed by atoms with E-state index in [1.165, 1.54) is 30.8 Å². The van der Waals surface area contributed by atoms with Gasteiger partial charge in [-0.15, -0.1) is 0 Å². The first-order valence-corrected chi connectivity index (χ1v) is 12.2. The standard InChI is InChI=1S/C22H28ClN3O5S/c1-15(2)16-7-5-6-8-17(16)22(13-26(14-22)32(28,29)10-9-30-3)21(27)25-18-12-24-20(23)11-19(18)31-4/h5-8,11-12,15H,9-10,13-14H2,1-4H3,(H,25,27). The van der Waals surface area contributed by atoms with Gasteiger partial charge in [0, 0.05) is 26.3 Å². The Labute approximate surface area is 193 Å². The van der Waals surface area contributed by atoms with Gasteiger partial charge in [-0.3, -0.25) is 4.79 Å². The van der Waals surface area contributed by atoms with Crippen LogP contribution in [0.2, 0.25) is 5.15 Å². The van der Waals surface area contributed by atoms with Gasteiger partial charge in [-0.2, -0.15) is 4.31 Å². The second-order valence-corrected chi connectivity index (χ2v) is 10.5. The fourth-order valence-corrected chi connectivity index (χ4v) is 5.48. The number of anilines is 1. The lowest BCUT2D eigenvalue weighted by Crippen LogP contribution is -2.67. The summed E-state index contributed by atoms with van der Waals surface area (Å²) in [6.07, 6.45) is 1.42. The molecule has 2 aromatic rings. The molecule has 0 bridgehead atoms. The molecule has 174 valence electrons. The van der Waals surface area contributed by atoms with Crippen molar-refractivity contribution in [2.45, 2.75) is 25.2 Å². The third-order valence-electron chi connectivity index (χ3n) is 5.67. The molecule has 1 aliphatic heterocycles. The third-order valence-corrected chi connectivity index (χ3v) is 7.60. The first kappa shape index (κ1) is 24.4. The van der Waals surface area contributed by atoms with E-state index < -0.39 is 15.4 Å². The zero-order chi connectivity index (χ0) is 23.5. The van der Waals surface area contributed by atoms with Gasteiger partial charge >= 0.3 is 0 Å². The lowest BCUT2D eigenvalue weighted by molar-refractivity contribution is -0.125. The van der Waals surface area contributed by atoms with E-state index >= 15 is 0 Å². The lowest BCUT2D eigenvalue weighted by atomic mass is 9.71. The number of aromatic nitrogens is 1. The molecular formula is C22H28ClN3O5S. The minimum Gasteiger partial charge on any atom is -0.494 e. The van der Waals surface area contributed by atoms with Crippen LogP contribution < -0.4 is 10.1 Å². The minimum atomic E-state index is -3.55. The van der Waals surface area contributed by atoms with E-state index in [0.717, 1.165) is 11.1 Å². The molecule has 1 fully saturated rings. The first-order chi connectivity index (χ1) is 15.1. The van der Waals surface area contributed by atoms with Crippen LogP contribution in [0.3, 0.4) is 0 Å². The molecular weight excluding hydrogens is 454 g/mol. The molecule has 0 spiro atoms. The highest BCUT2D eigenvalue weighted by molar-refractivity contribution is 7.89. The Bertz CT molecular complexity index is 1080. The van der Waals surface area contributed by atoms with Crippen molar-refractivity contribution in [3.8, 4) is 5.75 Å². The summed E-state index contributed by atoms with van der Waals surface area (Å²) in [5.74, 6) is 0.0598. The molecule has 0 aliphatic carbocycles. The highest BCUT2D eigenvalue weighted by Crippen LogP contribution is 2.41. The number of nitrogens with zero attached hydrogens (tertiary/aromatic N) is 2. The van der Waals surface area contributed by atoms with Crippen molar-refractivity contribution >= 4 is 33.2 Å². The number of halogens is 1. The lowest BCUT2D eigenvalue weighted by Gasteiger charge is -2.49. The zero-order valence-corrected chi connectivity index (χ0v) is 20.2. The number of hydrogen-bond acceptors (Lipinski definition) is 6. The molecule has 1 amide bonds. The molecule has 1 saturated heterocycles. The summed E-state index contributed by atoms with van der Waals surface area (Å²) in [4.78, 5) is 17.7. The first-order valence-electron chi connectivity index (χ1n) is 10.2. The molecule has 32 heavy (non-hydrogen) atoms. The van der Waals surface area contributed by atoms with Crippen molar-refractivity contribution < 1.29 is 22.7 Å². The Hall–Kier alpha value is -2.20. The van der Waals surface area contributed by atoms with E-state index in [1.54, 1.807) is 0 Å². The summed E-state index contributed by atoms with van der Waals surface area (Å²) in [7, 11) is -0.624. The predicted octanol–water partition coefficient (Wildman–Crippen LogP) is 3.04. The summed E-state index contributed by atoms with van der Waals surface area (Å²) in [5, 5.41) is 3.11. The summed E-state index contributed by atoms with van der Waals surface area (Å²) in [5.41, 5.74) is 1.12. The van der Waals surface area contributed by atoms with Crippen molar-refractivity contribution in [3.63, 3.8) is 0 Å². The number of methoxy groups -OCH3 is 2. The van der Waals surface area contributed by atoms with Gasteiger partial charge in [-0.1, -0.05) is 49.7 Å². The van der Waals surface area contributed by atoms with E-state index in [0.29, 0.717) is 11.4 Å². The fourth-order valence-electron chi connectivity index (χ4n) is 3.86. The van der Waals surface area contributed by atoms with E-state index in [4.69, 9.17) is 21.1 Å². The SMILES string of the molecule is COCCS(=O)(=O)N1CC(C(=O)Nc2cnc(Cl)cc2OC)(c2ccccc2C(C)C)C1. The number of hydrogen-bond donors (Lipinski definition) is 1. The minimum absolute atomic E-state index is 0.0396. The quantitative estimate of drug-likeness (QED) is 0.553. The van der Waals surface area contributed by atoms with Crippen molar-refractivity contribution in [2.24, 2.45) is 0 Å². The Morgan fingerprint density at radius 1 is 1.28 bits per heavy atom. The molecule has 0 unspecified atom stereocenters. The van der Waals surface area contributed by atoms with Gasteiger partial charge in [0.25, 0.3) is 0 Å². The maximum Gasteiger partial charge on any atom is 0.237 e. The van der Waals surface area contributed by atoms with Crippen LogP contribution >= 0.6 is 11.6 Å². The van der Waals surface area contributed by atoms with E-state index in [-0.39, 0.29) is 42.4 Å². The second-order valence-electron chi connectivity index (χ2n) is 8.06. The van der Waals surface area contributed by atoms with Crippen LogP contribution in [-0.4, -0.2) is 63.3 Å². The molecule has 1 aromatic heterocycles. The molecule has 0 radical (unpaired) electrons. The molecule has 3 rings (SSSR count). The van der Waals surface area contributed by atoms with Crippen LogP contribution in [0.15, 0.2) is 36.5 Å². The van der Waals surface area contributed by atoms with E-state index in [2.05, 4.69) is 10.3 Å². The monoisotopic (exact) mass is 481 g/mol. The average Bonchev–Trinajstić information content (AvgIpc) is 2.73. The Balaban J connectivity index is 1.99.